The van der Waals surface area contributed by atoms with Crippen molar-refractivity contribution in [3.63, 3.8) is 0 Å². The van der Waals surface area contributed by atoms with Crippen molar-refractivity contribution < 1.29 is 14.6 Å². The van der Waals surface area contributed by atoms with E-state index in [0.717, 1.165) is 56.6 Å². The number of guanidine groups is 1. The van der Waals surface area contributed by atoms with Gasteiger partial charge >= 0.3 is 0 Å². The van der Waals surface area contributed by atoms with Gasteiger partial charge in [0.15, 0.2) is 17.5 Å². The zero-order valence-corrected chi connectivity index (χ0v) is 17.5. The molecular formula is C22H34N4O3. The number of rotatable bonds is 8. The molecule has 0 bridgehead atoms. The molecule has 2 aliphatic rings. The highest BCUT2D eigenvalue weighted by molar-refractivity contribution is 5.81. The van der Waals surface area contributed by atoms with Crippen molar-refractivity contribution in [2.45, 2.75) is 64.0 Å². The highest BCUT2D eigenvalue weighted by atomic mass is 16.5. The lowest BCUT2D eigenvalue weighted by molar-refractivity contribution is -0.126. The van der Waals surface area contributed by atoms with Crippen LogP contribution >= 0.6 is 0 Å². The molecule has 0 spiro atoms. The van der Waals surface area contributed by atoms with Gasteiger partial charge in [0.05, 0.1) is 7.11 Å². The van der Waals surface area contributed by atoms with Crippen LogP contribution in [-0.2, 0) is 11.2 Å². The number of carbonyl (C=O) groups is 1. The van der Waals surface area contributed by atoms with Gasteiger partial charge in [-0.05, 0) is 57.1 Å². The molecule has 1 amide bonds. The van der Waals surface area contributed by atoms with Crippen LogP contribution in [0.5, 0.6) is 11.5 Å². The van der Waals surface area contributed by atoms with Gasteiger partial charge in [0, 0.05) is 31.1 Å². The molecule has 7 heteroatoms. The fourth-order valence-electron chi connectivity index (χ4n) is 3.84. The van der Waals surface area contributed by atoms with Crippen LogP contribution in [0.1, 0.15) is 51.0 Å². The summed E-state index contributed by atoms with van der Waals surface area (Å²) >= 11 is 0. The Morgan fingerprint density at radius 3 is 2.76 bits per heavy atom. The van der Waals surface area contributed by atoms with Gasteiger partial charge < -0.3 is 25.8 Å². The van der Waals surface area contributed by atoms with Gasteiger partial charge in [0.2, 0.25) is 5.91 Å². The maximum Gasteiger partial charge on any atom is 0.223 e. The number of methoxy groups -OCH3 is 1. The SMILES string of the molecule is CCNC(=NCCc1cccc(OC)c1O)NC1CCCC(C(=O)NC2CC2)C1. The Morgan fingerprint density at radius 1 is 1.21 bits per heavy atom. The molecule has 0 aromatic heterocycles. The minimum atomic E-state index is 0.0958. The molecule has 0 radical (unpaired) electrons. The molecule has 29 heavy (non-hydrogen) atoms. The molecule has 0 saturated heterocycles. The van der Waals surface area contributed by atoms with E-state index in [1.54, 1.807) is 13.2 Å². The highest BCUT2D eigenvalue weighted by Crippen LogP contribution is 2.29. The lowest BCUT2D eigenvalue weighted by Gasteiger charge is -2.30. The molecule has 0 aliphatic heterocycles. The average Bonchev–Trinajstić information content (AvgIpc) is 3.53. The number of hydrogen-bond acceptors (Lipinski definition) is 4. The quantitative estimate of drug-likeness (QED) is 0.395. The van der Waals surface area contributed by atoms with Crippen molar-refractivity contribution in [3.8, 4) is 11.5 Å². The first-order valence-electron chi connectivity index (χ1n) is 10.8. The Kier molecular flexibility index (Phi) is 7.61. The summed E-state index contributed by atoms with van der Waals surface area (Å²) < 4.78 is 5.17. The van der Waals surface area contributed by atoms with Crippen molar-refractivity contribution in [3.05, 3.63) is 23.8 Å². The van der Waals surface area contributed by atoms with Crippen molar-refractivity contribution in [2.24, 2.45) is 10.9 Å². The number of carbonyl (C=O) groups excluding carboxylic acids is 1. The number of para-hydroxylation sites is 1. The summed E-state index contributed by atoms with van der Waals surface area (Å²) in [6.45, 7) is 3.36. The molecule has 3 rings (SSSR count). The number of aliphatic imine (C=N–C) groups is 1. The van der Waals surface area contributed by atoms with E-state index in [1.165, 1.54) is 0 Å². The predicted molar refractivity (Wildman–Crippen MR) is 114 cm³/mol. The Balaban J connectivity index is 1.54. The largest absolute Gasteiger partial charge is 0.504 e. The number of phenols is 1. The maximum atomic E-state index is 12.4. The smallest absolute Gasteiger partial charge is 0.223 e. The normalized spacial score (nSPS) is 22.1. The molecule has 2 fully saturated rings. The van der Waals surface area contributed by atoms with Gasteiger partial charge in [0.25, 0.3) is 0 Å². The van der Waals surface area contributed by atoms with Crippen molar-refractivity contribution in [1.82, 2.24) is 16.0 Å². The number of ether oxygens (including phenoxy) is 1. The molecule has 160 valence electrons. The summed E-state index contributed by atoms with van der Waals surface area (Å²) in [4.78, 5) is 17.1. The number of nitrogens with one attached hydrogen (secondary N) is 3. The number of phenolic OH excluding ortho intramolecular Hbond substituents is 1. The van der Waals surface area contributed by atoms with Crippen LogP contribution in [0.4, 0.5) is 0 Å². The number of benzene rings is 1. The number of aromatic hydroxyl groups is 1. The zero-order valence-electron chi connectivity index (χ0n) is 17.5. The molecule has 2 atom stereocenters. The van der Waals surface area contributed by atoms with E-state index in [0.29, 0.717) is 24.8 Å². The number of hydrogen-bond donors (Lipinski definition) is 4. The van der Waals surface area contributed by atoms with Crippen LogP contribution in [0, 0.1) is 5.92 Å². The van der Waals surface area contributed by atoms with E-state index in [9.17, 15) is 9.90 Å². The van der Waals surface area contributed by atoms with Gasteiger partial charge in [0.1, 0.15) is 0 Å². The topological polar surface area (TPSA) is 95.0 Å². The maximum absolute atomic E-state index is 12.4. The first-order valence-corrected chi connectivity index (χ1v) is 10.8. The monoisotopic (exact) mass is 402 g/mol. The summed E-state index contributed by atoms with van der Waals surface area (Å²) in [5.74, 6) is 1.74. The van der Waals surface area contributed by atoms with Crippen LogP contribution in [0.25, 0.3) is 0 Å². The third-order valence-electron chi connectivity index (χ3n) is 5.61. The zero-order chi connectivity index (χ0) is 20.6. The third kappa shape index (κ3) is 6.27. The van der Waals surface area contributed by atoms with Crippen molar-refractivity contribution in [1.29, 1.82) is 0 Å². The summed E-state index contributed by atoms with van der Waals surface area (Å²) in [5.41, 5.74) is 0.818. The van der Waals surface area contributed by atoms with E-state index in [-0.39, 0.29) is 23.6 Å². The molecular weight excluding hydrogens is 368 g/mol. The molecule has 2 aliphatic carbocycles. The van der Waals surface area contributed by atoms with Gasteiger partial charge in [-0.25, -0.2) is 0 Å². The highest BCUT2D eigenvalue weighted by Gasteiger charge is 2.31. The van der Waals surface area contributed by atoms with E-state index in [1.807, 2.05) is 19.1 Å². The molecule has 7 nitrogen and oxygen atoms in total. The Labute approximate surface area is 173 Å². The standard InChI is InChI=1S/C22H34N4O3/c1-3-23-22(24-13-12-15-6-5-9-19(29-2)20(15)27)26-18-8-4-7-16(14-18)21(28)25-17-10-11-17/h5-6,9,16-18,27H,3-4,7-8,10-14H2,1-2H3,(H,25,28)(H2,23,24,26). The van der Waals surface area contributed by atoms with E-state index >= 15 is 0 Å². The second-order valence-electron chi connectivity index (χ2n) is 7.97. The fraction of sp³-hybridized carbons (Fsp3) is 0.636. The molecule has 1 aromatic carbocycles. The molecule has 4 N–H and O–H groups in total. The third-order valence-corrected chi connectivity index (χ3v) is 5.61. The fourth-order valence-corrected chi connectivity index (χ4v) is 3.84. The van der Waals surface area contributed by atoms with E-state index < -0.39 is 0 Å². The second kappa shape index (κ2) is 10.4. The Bertz CT molecular complexity index is 718. The number of nitrogens with zero attached hydrogens (tertiary/aromatic N) is 1. The number of amides is 1. The van der Waals surface area contributed by atoms with Crippen molar-refractivity contribution >= 4 is 11.9 Å². The van der Waals surface area contributed by atoms with Gasteiger partial charge in [-0.3, -0.25) is 9.79 Å². The summed E-state index contributed by atoms with van der Waals surface area (Å²) in [7, 11) is 1.55. The van der Waals surface area contributed by atoms with Gasteiger partial charge in [-0.1, -0.05) is 18.6 Å². The summed E-state index contributed by atoms with van der Waals surface area (Å²) in [6.07, 6.45) is 6.79. The lowest BCUT2D eigenvalue weighted by Crippen LogP contribution is -2.47. The average molecular weight is 403 g/mol. The predicted octanol–water partition coefficient (Wildman–Crippen LogP) is 2.34. The van der Waals surface area contributed by atoms with Crippen LogP contribution in [0.2, 0.25) is 0 Å². The van der Waals surface area contributed by atoms with E-state index in [2.05, 4.69) is 20.9 Å². The lowest BCUT2D eigenvalue weighted by atomic mass is 9.85. The minimum Gasteiger partial charge on any atom is -0.504 e. The van der Waals surface area contributed by atoms with Crippen molar-refractivity contribution in [2.75, 3.05) is 20.2 Å². The summed E-state index contributed by atoms with van der Waals surface area (Å²) in [6, 6.07) is 6.17. The first-order chi connectivity index (χ1) is 14.1. The van der Waals surface area contributed by atoms with Gasteiger partial charge in [-0.2, -0.15) is 0 Å². The van der Waals surface area contributed by atoms with E-state index in [4.69, 9.17) is 4.74 Å². The molecule has 0 heterocycles. The van der Waals surface area contributed by atoms with Crippen LogP contribution in [0.15, 0.2) is 23.2 Å². The first kappa shape index (κ1) is 21.3. The molecule has 2 saturated carbocycles. The minimum absolute atomic E-state index is 0.0958. The molecule has 2 unspecified atom stereocenters. The second-order valence-corrected chi connectivity index (χ2v) is 7.97. The summed E-state index contributed by atoms with van der Waals surface area (Å²) in [5, 5.41) is 20.2. The van der Waals surface area contributed by atoms with Crippen LogP contribution in [0.3, 0.4) is 0 Å². The Hall–Kier alpha value is -2.44. The van der Waals surface area contributed by atoms with Crippen LogP contribution < -0.4 is 20.7 Å². The molecule has 1 aromatic rings. The Morgan fingerprint density at radius 2 is 2.03 bits per heavy atom. The van der Waals surface area contributed by atoms with Crippen LogP contribution in [-0.4, -0.2) is 49.3 Å². The van der Waals surface area contributed by atoms with Gasteiger partial charge in [-0.15, -0.1) is 0 Å².